The van der Waals surface area contributed by atoms with E-state index in [1.165, 1.54) is 0 Å². The number of hydrogen-bond donors (Lipinski definition) is 1. The minimum absolute atomic E-state index is 0.126. The number of nitrogens with one attached hydrogen (secondary N) is 1. The van der Waals surface area contributed by atoms with E-state index < -0.39 is 0 Å². The highest BCUT2D eigenvalue weighted by Gasteiger charge is 2.21. The molecular weight excluding hydrogens is 385 g/mol. The summed E-state index contributed by atoms with van der Waals surface area (Å²) in [5, 5.41) is 4.02. The van der Waals surface area contributed by atoms with E-state index in [4.69, 9.17) is 27.9 Å². The van der Waals surface area contributed by atoms with Crippen LogP contribution in [0.4, 0.5) is 11.4 Å². The second-order valence-electron chi connectivity index (χ2n) is 6.32. The summed E-state index contributed by atoms with van der Waals surface area (Å²) in [6.07, 6.45) is 0. The van der Waals surface area contributed by atoms with Gasteiger partial charge in [0.05, 0.1) is 21.4 Å². The minimum atomic E-state index is -0.259. The fraction of sp³-hybridized carbons (Fsp3) is 0.350. The van der Waals surface area contributed by atoms with Gasteiger partial charge in [-0.15, -0.1) is 0 Å². The third-order valence-electron chi connectivity index (χ3n) is 4.59. The number of nitrogens with zero attached hydrogens (tertiary/aromatic N) is 2. The highest BCUT2D eigenvalue weighted by atomic mass is 35.5. The molecule has 0 saturated carbocycles. The van der Waals surface area contributed by atoms with Crippen molar-refractivity contribution in [2.45, 2.75) is 6.92 Å². The molecule has 1 N–H and O–H groups in total. The number of ether oxygens (including phenoxy) is 1. The Labute approximate surface area is 169 Å². The molecule has 2 aromatic carbocycles. The Kier molecular flexibility index (Phi) is 6.83. The Bertz CT molecular complexity index is 793. The predicted molar refractivity (Wildman–Crippen MR) is 111 cm³/mol. The summed E-state index contributed by atoms with van der Waals surface area (Å²) in [5.41, 5.74) is 1.56. The predicted octanol–water partition coefficient (Wildman–Crippen LogP) is 4.15. The average molecular weight is 408 g/mol. The first kappa shape index (κ1) is 19.8. The van der Waals surface area contributed by atoms with Gasteiger partial charge in [-0.3, -0.25) is 4.79 Å². The van der Waals surface area contributed by atoms with Crippen LogP contribution in [0.25, 0.3) is 0 Å². The van der Waals surface area contributed by atoms with E-state index >= 15 is 0 Å². The van der Waals surface area contributed by atoms with E-state index in [9.17, 15) is 4.79 Å². The van der Waals surface area contributed by atoms with Crippen LogP contribution in [0, 0.1) is 0 Å². The Balaban J connectivity index is 1.67. The van der Waals surface area contributed by atoms with Crippen LogP contribution in [-0.4, -0.2) is 50.1 Å². The second-order valence-corrected chi connectivity index (χ2v) is 7.14. The molecule has 0 unspecified atom stereocenters. The summed E-state index contributed by atoms with van der Waals surface area (Å²) in [5.74, 6) is 0.224. The first-order valence-corrected chi connectivity index (χ1v) is 9.77. The molecule has 0 radical (unpaired) electrons. The summed E-state index contributed by atoms with van der Waals surface area (Å²) in [4.78, 5) is 17.0. The number of halogens is 2. The van der Waals surface area contributed by atoms with E-state index in [0.29, 0.717) is 21.5 Å². The topological polar surface area (TPSA) is 44.8 Å². The molecule has 1 aliphatic heterocycles. The van der Waals surface area contributed by atoms with Gasteiger partial charge in [0, 0.05) is 26.2 Å². The number of rotatable bonds is 6. The Morgan fingerprint density at radius 2 is 1.74 bits per heavy atom. The lowest BCUT2D eigenvalue weighted by Crippen LogP contribution is -2.46. The van der Waals surface area contributed by atoms with Gasteiger partial charge in [0.25, 0.3) is 5.91 Å². The number of amides is 1. The molecule has 1 heterocycles. The molecule has 1 amide bonds. The first-order valence-electron chi connectivity index (χ1n) is 9.01. The molecule has 1 saturated heterocycles. The smallest absolute Gasteiger partial charge is 0.262 e. The van der Waals surface area contributed by atoms with Crippen LogP contribution in [0.15, 0.2) is 42.5 Å². The Morgan fingerprint density at radius 3 is 2.44 bits per heavy atom. The quantitative estimate of drug-likeness (QED) is 0.780. The third kappa shape index (κ3) is 5.06. The maximum Gasteiger partial charge on any atom is 0.262 e. The van der Waals surface area contributed by atoms with Crippen molar-refractivity contribution in [2.24, 2.45) is 0 Å². The third-order valence-corrected chi connectivity index (χ3v) is 5.21. The number of para-hydroxylation sites is 2. The van der Waals surface area contributed by atoms with Gasteiger partial charge >= 0.3 is 0 Å². The first-order chi connectivity index (χ1) is 13.1. The lowest BCUT2D eigenvalue weighted by molar-refractivity contribution is -0.118. The molecule has 0 aliphatic carbocycles. The fourth-order valence-electron chi connectivity index (χ4n) is 3.12. The zero-order chi connectivity index (χ0) is 19.2. The van der Waals surface area contributed by atoms with Crippen molar-refractivity contribution in [2.75, 3.05) is 49.5 Å². The van der Waals surface area contributed by atoms with Crippen LogP contribution in [-0.2, 0) is 4.79 Å². The van der Waals surface area contributed by atoms with Crippen molar-refractivity contribution < 1.29 is 9.53 Å². The maximum atomic E-state index is 12.4. The van der Waals surface area contributed by atoms with E-state index in [0.717, 1.165) is 38.4 Å². The molecule has 0 atom stereocenters. The summed E-state index contributed by atoms with van der Waals surface area (Å²) < 4.78 is 5.52. The molecule has 1 aliphatic rings. The van der Waals surface area contributed by atoms with Gasteiger partial charge in [-0.2, -0.15) is 0 Å². The number of piperazine rings is 1. The van der Waals surface area contributed by atoms with Crippen LogP contribution in [0.2, 0.25) is 10.0 Å². The van der Waals surface area contributed by atoms with Crippen molar-refractivity contribution in [3.63, 3.8) is 0 Å². The SMILES string of the molecule is CCN1CCN(c2c(Cl)cccc2NC(=O)COc2ccccc2Cl)CC1. The van der Waals surface area contributed by atoms with Crippen LogP contribution in [0.3, 0.4) is 0 Å². The van der Waals surface area contributed by atoms with Crippen molar-refractivity contribution in [3.05, 3.63) is 52.5 Å². The van der Waals surface area contributed by atoms with Gasteiger partial charge in [0.15, 0.2) is 6.61 Å². The molecule has 0 spiro atoms. The molecule has 0 aromatic heterocycles. The van der Waals surface area contributed by atoms with Crippen molar-refractivity contribution in [1.82, 2.24) is 4.90 Å². The average Bonchev–Trinajstić information content (AvgIpc) is 2.68. The number of likely N-dealkylation sites (N-methyl/N-ethyl adjacent to an activating group) is 1. The lowest BCUT2D eigenvalue weighted by Gasteiger charge is -2.36. The summed E-state index contributed by atoms with van der Waals surface area (Å²) >= 11 is 12.5. The fourth-order valence-corrected chi connectivity index (χ4v) is 3.60. The number of hydrogen-bond acceptors (Lipinski definition) is 4. The van der Waals surface area contributed by atoms with Crippen molar-refractivity contribution in [3.8, 4) is 5.75 Å². The monoisotopic (exact) mass is 407 g/mol. The van der Waals surface area contributed by atoms with Crippen LogP contribution in [0.5, 0.6) is 5.75 Å². The van der Waals surface area contributed by atoms with Gasteiger partial charge in [-0.25, -0.2) is 0 Å². The number of carbonyl (C=O) groups excluding carboxylic acids is 1. The van der Waals surface area contributed by atoms with Crippen molar-refractivity contribution >= 4 is 40.5 Å². The molecule has 27 heavy (non-hydrogen) atoms. The Morgan fingerprint density at radius 1 is 1.04 bits per heavy atom. The molecule has 1 fully saturated rings. The lowest BCUT2D eigenvalue weighted by atomic mass is 10.2. The van der Waals surface area contributed by atoms with Gasteiger partial charge in [-0.05, 0) is 30.8 Å². The normalized spacial score (nSPS) is 14.9. The standard InChI is InChI=1S/C20H23Cl2N3O2/c1-2-24-10-12-25(13-11-24)20-16(22)7-5-8-17(20)23-19(26)14-27-18-9-4-3-6-15(18)21/h3-9H,2,10-14H2,1H3,(H,23,26). The highest BCUT2D eigenvalue weighted by molar-refractivity contribution is 6.34. The molecule has 0 bridgehead atoms. The van der Waals surface area contributed by atoms with Crippen LogP contribution in [0.1, 0.15) is 6.92 Å². The van der Waals surface area contributed by atoms with E-state index in [-0.39, 0.29) is 12.5 Å². The number of anilines is 2. The molecule has 3 rings (SSSR count). The van der Waals surface area contributed by atoms with Crippen molar-refractivity contribution in [1.29, 1.82) is 0 Å². The minimum Gasteiger partial charge on any atom is -0.482 e. The largest absolute Gasteiger partial charge is 0.482 e. The van der Waals surface area contributed by atoms with E-state index in [1.54, 1.807) is 12.1 Å². The molecule has 144 valence electrons. The van der Waals surface area contributed by atoms with Crippen LogP contribution < -0.4 is 15.0 Å². The zero-order valence-electron chi connectivity index (χ0n) is 15.3. The van der Waals surface area contributed by atoms with Gasteiger partial charge < -0.3 is 19.9 Å². The summed E-state index contributed by atoms with van der Waals surface area (Å²) in [6.45, 7) is 6.77. The Hall–Kier alpha value is -1.95. The number of benzene rings is 2. The summed E-state index contributed by atoms with van der Waals surface area (Å²) in [7, 11) is 0. The molecular formula is C20H23Cl2N3O2. The van der Waals surface area contributed by atoms with Crippen LogP contribution >= 0.6 is 23.2 Å². The van der Waals surface area contributed by atoms with Gasteiger partial charge in [0.2, 0.25) is 0 Å². The van der Waals surface area contributed by atoms with E-state index in [1.807, 2.05) is 30.3 Å². The zero-order valence-corrected chi connectivity index (χ0v) is 16.8. The highest BCUT2D eigenvalue weighted by Crippen LogP contribution is 2.34. The maximum absolute atomic E-state index is 12.4. The van der Waals surface area contributed by atoms with E-state index in [2.05, 4.69) is 22.0 Å². The van der Waals surface area contributed by atoms with Gasteiger partial charge in [0.1, 0.15) is 5.75 Å². The number of carbonyl (C=O) groups is 1. The molecule has 7 heteroatoms. The summed E-state index contributed by atoms with van der Waals surface area (Å²) in [6, 6.07) is 12.6. The van der Waals surface area contributed by atoms with Gasteiger partial charge in [-0.1, -0.05) is 48.3 Å². The second kappa shape index (κ2) is 9.31. The molecule has 2 aromatic rings. The molecule has 5 nitrogen and oxygen atoms in total.